The van der Waals surface area contributed by atoms with Crippen LogP contribution in [0.4, 0.5) is 0 Å². The van der Waals surface area contributed by atoms with Crippen LogP contribution in [0.1, 0.15) is 24.2 Å². The van der Waals surface area contributed by atoms with Gasteiger partial charge in [-0.1, -0.05) is 12.2 Å². The second-order valence-electron chi connectivity index (χ2n) is 4.02. The second-order valence-corrected chi connectivity index (χ2v) is 4.46. The number of hydrogen-bond donors (Lipinski definition) is 2. The van der Waals surface area contributed by atoms with Gasteiger partial charge in [0.1, 0.15) is 5.75 Å². The quantitative estimate of drug-likeness (QED) is 0.779. The van der Waals surface area contributed by atoms with Gasteiger partial charge in [-0.25, -0.2) is 0 Å². The van der Waals surface area contributed by atoms with Crippen molar-refractivity contribution in [1.82, 2.24) is 10.3 Å². The first kappa shape index (κ1) is 13.4. The molecule has 1 aromatic rings. The molecule has 1 heterocycles. The van der Waals surface area contributed by atoms with Crippen LogP contribution in [-0.2, 0) is 0 Å². The van der Waals surface area contributed by atoms with E-state index < -0.39 is 5.54 Å². The van der Waals surface area contributed by atoms with Crippen LogP contribution in [0.25, 0.3) is 0 Å². The third kappa shape index (κ3) is 3.13. The molecule has 6 heteroatoms. The average molecular weight is 253 g/mol. The molecule has 1 aromatic heterocycles. The van der Waals surface area contributed by atoms with E-state index in [2.05, 4.69) is 10.3 Å². The molecule has 92 valence electrons. The highest BCUT2D eigenvalue weighted by Gasteiger charge is 2.25. The molecule has 0 saturated carbocycles. The Morgan fingerprint density at radius 2 is 2.24 bits per heavy atom. The molecule has 0 aliphatic rings. The molecular formula is C11H15N3O2S. The number of nitrogens with two attached hydrogens (primary N) is 1. The van der Waals surface area contributed by atoms with Gasteiger partial charge in [0.2, 0.25) is 0 Å². The van der Waals surface area contributed by atoms with Gasteiger partial charge in [-0.2, -0.15) is 0 Å². The number of hydrogen-bond acceptors (Lipinski definition) is 4. The van der Waals surface area contributed by atoms with Gasteiger partial charge in [0.15, 0.2) is 0 Å². The summed E-state index contributed by atoms with van der Waals surface area (Å²) in [5, 5.41) is 2.73. The fourth-order valence-corrected chi connectivity index (χ4v) is 1.19. The van der Waals surface area contributed by atoms with E-state index in [1.165, 1.54) is 19.5 Å². The molecule has 0 radical (unpaired) electrons. The number of carbonyl (C=O) groups excluding carboxylic acids is 1. The Bertz CT molecular complexity index is 446. The fourth-order valence-electron chi connectivity index (χ4n) is 1.14. The first-order valence-corrected chi connectivity index (χ1v) is 5.39. The van der Waals surface area contributed by atoms with Gasteiger partial charge in [-0.15, -0.1) is 0 Å². The highest BCUT2D eigenvalue weighted by Crippen LogP contribution is 2.16. The zero-order valence-corrected chi connectivity index (χ0v) is 10.8. The molecule has 0 atom stereocenters. The lowest BCUT2D eigenvalue weighted by Crippen LogP contribution is -2.52. The van der Waals surface area contributed by atoms with E-state index in [4.69, 9.17) is 22.7 Å². The maximum atomic E-state index is 12.0. The number of nitrogens with zero attached hydrogens (tertiary/aromatic N) is 1. The molecule has 0 unspecified atom stereocenters. The molecule has 0 saturated heterocycles. The summed E-state index contributed by atoms with van der Waals surface area (Å²) in [5.41, 5.74) is 5.19. The van der Waals surface area contributed by atoms with Crippen LogP contribution in [0.5, 0.6) is 5.75 Å². The summed E-state index contributed by atoms with van der Waals surface area (Å²) >= 11 is 4.88. The summed E-state index contributed by atoms with van der Waals surface area (Å²) in [6.45, 7) is 3.47. The lowest BCUT2D eigenvalue weighted by atomic mass is 10.1. The van der Waals surface area contributed by atoms with Crippen LogP contribution < -0.4 is 15.8 Å². The molecule has 1 amide bonds. The largest absolute Gasteiger partial charge is 0.494 e. The highest BCUT2D eigenvalue weighted by atomic mass is 32.1. The zero-order valence-electron chi connectivity index (χ0n) is 9.98. The second kappa shape index (κ2) is 5.09. The van der Waals surface area contributed by atoms with Gasteiger partial charge in [0, 0.05) is 6.20 Å². The van der Waals surface area contributed by atoms with Gasteiger partial charge in [-0.3, -0.25) is 9.78 Å². The number of thiocarbonyl (C=S) groups is 1. The smallest absolute Gasteiger partial charge is 0.255 e. The minimum absolute atomic E-state index is 0.221. The maximum Gasteiger partial charge on any atom is 0.255 e. The predicted octanol–water partition coefficient (Wildman–Crippen LogP) is 0.885. The number of pyridine rings is 1. The van der Waals surface area contributed by atoms with Crippen LogP contribution in [0.2, 0.25) is 0 Å². The van der Waals surface area contributed by atoms with Crippen molar-refractivity contribution in [2.75, 3.05) is 7.11 Å². The number of carbonyl (C=O) groups is 1. The van der Waals surface area contributed by atoms with Gasteiger partial charge < -0.3 is 15.8 Å². The van der Waals surface area contributed by atoms with Crippen molar-refractivity contribution in [2.45, 2.75) is 19.4 Å². The molecule has 0 spiro atoms. The molecule has 3 N–H and O–H groups in total. The van der Waals surface area contributed by atoms with Crippen molar-refractivity contribution in [3.8, 4) is 5.75 Å². The molecule has 17 heavy (non-hydrogen) atoms. The molecule has 0 aromatic carbocycles. The Balaban J connectivity index is 2.94. The maximum absolute atomic E-state index is 12.0. The van der Waals surface area contributed by atoms with Gasteiger partial charge in [0.05, 0.1) is 29.4 Å². The first-order valence-electron chi connectivity index (χ1n) is 4.99. The SMILES string of the molecule is COc1cnccc1C(=O)NC(C)(C)C(N)=S. The van der Waals surface area contributed by atoms with Crippen molar-refractivity contribution in [3.63, 3.8) is 0 Å². The third-order valence-electron chi connectivity index (χ3n) is 2.29. The number of amides is 1. The molecule has 5 nitrogen and oxygen atoms in total. The number of rotatable bonds is 4. The van der Waals surface area contributed by atoms with Crippen molar-refractivity contribution < 1.29 is 9.53 Å². The topological polar surface area (TPSA) is 77.2 Å². The normalized spacial score (nSPS) is 10.8. The van der Waals surface area contributed by atoms with Gasteiger partial charge in [-0.05, 0) is 19.9 Å². The number of nitrogens with one attached hydrogen (secondary N) is 1. The summed E-state index contributed by atoms with van der Waals surface area (Å²) in [7, 11) is 1.48. The first-order chi connectivity index (χ1) is 7.88. The van der Waals surface area contributed by atoms with Crippen LogP contribution in [0.3, 0.4) is 0 Å². The summed E-state index contributed by atoms with van der Waals surface area (Å²) in [6, 6.07) is 1.57. The van der Waals surface area contributed by atoms with Gasteiger partial charge >= 0.3 is 0 Å². The van der Waals surface area contributed by atoms with E-state index in [-0.39, 0.29) is 10.9 Å². The van der Waals surface area contributed by atoms with Crippen LogP contribution in [0, 0.1) is 0 Å². The van der Waals surface area contributed by atoms with Crippen molar-refractivity contribution >= 4 is 23.1 Å². The highest BCUT2D eigenvalue weighted by molar-refractivity contribution is 7.80. The van der Waals surface area contributed by atoms with Crippen LogP contribution in [-0.4, -0.2) is 28.5 Å². The standard InChI is InChI=1S/C11H15N3O2S/c1-11(2,10(12)17)14-9(15)7-4-5-13-6-8(7)16-3/h4-6H,1-3H3,(H2,12,17)(H,14,15). The lowest BCUT2D eigenvalue weighted by molar-refractivity contribution is 0.0929. The molecular weight excluding hydrogens is 238 g/mol. The van der Waals surface area contributed by atoms with Crippen molar-refractivity contribution in [3.05, 3.63) is 24.0 Å². The molecule has 0 aliphatic carbocycles. The summed E-state index contributed by atoms with van der Waals surface area (Å²) in [5.74, 6) is 0.103. The monoisotopic (exact) mass is 253 g/mol. The molecule has 0 aliphatic heterocycles. The number of methoxy groups -OCH3 is 1. The van der Waals surface area contributed by atoms with E-state index in [0.717, 1.165) is 0 Å². The molecule has 0 fully saturated rings. The fraction of sp³-hybridized carbons (Fsp3) is 0.364. The number of ether oxygens (including phenoxy) is 1. The molecule has 1 rings (SSSR count). The Hall–Kier alpha value is -1.69. The lowest BCUT2D eigenvalue weighted by Gasteiger charge is -2.25. The number of aromatic nitrogens is 1. The van der Waals surface area contributed by atoms with Crippen molar-refractivity contribution in [2.24, 2.45) is 5.73 Å². The van der Waals surface area contributed by atoms with E-state index >= 15 is 0 Å². The van der Waals surface area contributed by atoms with E-state index in [0.29, 0.717) is 11.3 Å². The third-order valence-corrected chi connectivity index (χ3v) is 2.80. The zero-order chi connectivity index (χ0) is 13.1. The van der Waals surface area contributed by atoms with Crippen LogP contribution >= 0.6 is 12.2 Å². The van der Waals surface area contributed by atoms with Crippen molar-refractivity contribution in [1.29, 1.82) is 0 Å². The Morgan fingerprint density at radius 3 is 2.76 bits per heavy atom. The minimum Gasteiger partial charge on any atom is -0.494 e. The summed E-state index contributed by atoms with van der Waals surface area (Å²) in [6.07, 6.45) is 2.99. The Morgan fingerprint density at radius 1 is 1.59 bits per heavy atom. The van der Waals surface area contributed by atoms with Crippen LogP contribution in [0.15, 0.2) is 18.5 Å². The van der Waals surface area contributed by atoms with Gasteiger partial charge in [0.25, 0.3) is 5.91 Å². The Kier molecular flexibility index (Phi) is 4.01. The van der Waals surface area contributed by atoms with E-state index in [9.17, 15) is 4.79 Å². The van der Waals surface area contributed by atoms with E-state index in [1.54, 1.807) is 19.9 Å². The summed E-state index contributed by atoms with van der Waals surface area (Å²) in [4.78, 5) is 16.1. The predicted molar refractivity (Wildman–Crippen MR) is 69.1 cm³/mol. The van der Waals surface area contributed by atoms with E-state index in [1.807, 2.05) is 0 Å². The average Bonchev–Trinajstić information content (AvgIpc) is 2.28. The Labute approximate surface area is 105 Å². The minimum atomic E-state index is -0.749. The summed E-state index contributed by atoms with van der Waals surface area (Å²) < 4.78 is 5.05. The molecule has 0 bridgehead atoms.